The molecule has 0 aliphatic rings. The SMILES string of the molecule is CCCC(C#N)C(=O)Nc1ccc(Cl)cc1Cl. The first-order valence-electron chi connectivity index (χ1n) is 5.24. The number of nitrogens with zero attached hydrogens (tertiary/aromatic N) is 1. The van der Waals surface area contributed by atoms with Crippen molar-refractivity contribution >= 4 is 34.8 Å². The highest BCUT2D eigenvalue weighted by Gasteiger charge is 2.17. The van der Waals surface area contributed by atoms with E-state index in [1.54, 1.807) is 18.2 Å². The van der Waals surface area contributed by atoms with Crippen LogP contribution in [0.3, 0.4) is 0 Å². The quantitative estimate of drug-likeness (QED) is 0.903. The number of rotatable bonds is 4. The Labute approximate surface area is 110 Å². The minimum Gasteiger partial charge on any atom is -0.324 e. The molecule has 0 aromatic heterocycles. The Morgan fingerprint density at radius 1 is 1.53 bits per heavy atom. The minimum absolute atomic E-state index is 0.335. The highest BCUT2D eigenvalue weighted by Crippen LogP contribution is 2.26. The van der Waals surface area contributed by atoms with E-state index in [2.05, 4.69) is 5.32 Å². The number of nitrogens with one attached hydrogen (secondary N) is 1. The Morgan fingerprint density at radius 3 is 2.76 bits per heavy atom. The standard InChI is InChI=1S/C12H12Cl2N2O/c1-2-3-8(7-15)12(17)16-11-5-4-9(13)6-10(11)14/h4-6,8H,2-3H2,1H3,(H,16,17). The third-order valence-corrected chi connectivity index (χ3v) is 2.79. The average molecular weight is 271 g/mol. The summed E-state index contributed by atoms with van der Waals surface area (Å²) in [5.74, 6) is -0.981. The third-order valence-electron chi connectivity index (χ3n) is 2.24. The van der Waals surface area contributed by atoms with Crippen LogP contribution in [0.25, 0.3) is 0 Å². The predicted molar refractivity (Wildman–Crippen MR) is 69.1 cm³/mol. The highest BCUT2D eigenvalue weighted by atomic mass is 35.5. The number of carbonyl (C=O) groups is 1. The summed E-state index contributed by atoms with van der Waals surface area (Å²) in [6.07, 6.45) is 1.31. The number of hydrogen-bond donors (Lipinski definition) is 1. The van der Waals surface area contributed by atoms with E-state index in [0.717, 1.165) is 6.42 Å². The summed E-state index contributed by atoms with van der Waals surface area (Å²) in [4.78, 5) is 11.7. The molecule has 0 aliphatic carbocycles. The molecule has 1 aromatic carbocycles. The smallest absolute Gasteiger partial charge is 0.241 e. The Bertz CT molecular complexity index is 454. The molecule has 5 heteroatoms. The molecule has 0 radical (unpaired) electrons. The maximum Gasteiger partial charge on any atom is 0.241 e. The van der Waals surface area contributed by atoms with Crippen LogP contribution < -0.4 is 5.32 Å². The number of halogens is 2. The fourth-order valence-corrected chi connectivity index (χ4v) is 1.81. The molecule has 0 spiro atoms. The van der Waals surface area contributed by atoms with Crippen LogP contribution in [0, 0.1) is 17.2 Å². The van der Waals surface area contributed by atoms with Crippen LogP contribution >= 0.6 is 23.2 Å². The van der Waals surface area contributed by atoms with Crippen molar-refractivity contribution in [3.05, 3.63) is 28.2 Å². The van der Waals surface area contributed by atoms with Gasteiger partial charge in [-0.1, -0.05) is 36.5 Å². The number of carbonyl (C=O) groups excluding carboxylic acids is 1. The van der Waals surface area contributed by atoms with Crippen LogP contribution in [0.15, 0.2) is 18.2 Å². The van der Waals surface area contributed by atoms with Crippen molar-refractivity contribution in [3.63, 3.8) is 0 Å². The maximum atomic E-state index is 11.7. The van der Waals surface area contributed by atoms with Gasteiger partial charge in [0.05, 0.1) is 16.8 Å². The van der Waals surface area contributed by atoms with E-state index in [9.17, 15) is 4.79 Å². The van der Waals surface area contributed by atoms with Crippen molar-refractivity contribution in [2.75, 3.05) is 5.32 Å². The summed E-state index contributed by atoms with van der Waals surface area (Å²) in [6, 6.07) is 6.76. The van der Waals surface area contributed by atoms with Crippen LogP contribution in [-0.4, -0.2) is 5.91 Å². The number of nitriles is 1. The molecule has 0 bridgehead atoms. The number of benzene rings is 1. The van der Waals surface area contributed by atoms with E-state index in [-0.39, 0.29) is 5.91 Å². The summed E-state index contributed by atoms with van der Waals surface area (Å²) in [5.41, 5.74) is 0.470. The molecular weight excluding hydrogens is 259 g/mol. The van der Waals surface area contributed by atoms with Crippen LogP contribution in [0.5, 0.6) is 0 Å². The molecule has 1 amide bonds. The lowest BCUT2D eigenvalue weighted by Crippen LogP contribution is -2.21. The van der Waals surface area contributed by atoms with Gasteiger partial charge < -0.3 is 5.32 Å². The van der Waals surface area contributed by atoms with Gasteiger partial charge in [0.1, 0.15) is 5.92 Å². The predicted octanol–water partition coefficient (Wildman–Crippen LogP) is 3.87. The van der Waals surface area contributed by atoms with Crippen molar-refractivity contribution in [1.29, 1.82) is 5.26 Å². The molecule has 3 nitrogen and oxygen atoms in total. The first-order valence-corrected chi connectivity index (χ1v) is 5.99. The molecule has 0 saturated carbocycles. The molecule has 17 heavy (non-hydrogen) atoms. The van der Waals surface area contributed by atoms with Gasteiger partial charge in [-0.05, 0) is 24.6 Å². The Kier molecular flexibility index (Phi) is 5.27. The van der Waals surface area contributed by atoms with Gasteiger partial charge in [-0.2, -0.15) is 5.26 Å². The Morgan fingerprint density at radius 2 is 2.24 bits per heavy atom. The molecule has 90 valence electrons. The number of hydrogen-bond acceptors (Lipinski definition) is 2. The summed E-state index contributed by atoms with van der Waals surface area (Å²) in [7, 11) is 0. The first kappa shape index (κ1) is 13.8. The van der Waals surface area contributed by atoms with Crippen molar-refractivity contribution in [1.82, 2.24) is 0 Å². The summed E-state index contributed by atoms with van der Waals surface area (Å²) < 4.78 is 0. The molecule has 1 N–H and O–H groups in total. The average Bonchev–Trinajstić information content (AvgIpc) is 2.29. The second kappa shape index (κ2) is 6.48. The van der Waals surface area contributed by atoms with Gasteiger partial charge in [-0.3, -0.25) is 4.79 Å². The van der Waals surface area contributed by atoms with Crippen molar-refractivity contribution in [2.24, 2.45) is 5.92 Å². The Balaban J connectivity index is 2.77. The van der Waals surface area contributed by atoms with Crippen LogP contribution in [0.2, 0.25) is 10.0 Å². The third kappa shape index (κ3) is 3.92. The second-order valence-corrected chi connectivity index (χ2v) is 4.43. The van der Waals surface area contributed by atoms with Gasteiger partial charge in [0.2, 0.25) is 5.91 Å². The molecule has 1 unspecified atom stereocenters. The molecular formula is C12H12Cl2N2O. The van der Waals surface area contributed by atoms with Gasteiger partial charge in [-0.15, -0.1) is 0 Å². The molecule has 0 fully saturated rings. The van der Waals surface area contributed by atoms with Gasteiger partial charge >= 0.3 is 0 Å². The molecule has 0 aliphatic heterocycles. The minimum atomic E-state index is -0.647. The lowest BCUT2D eigenvalue weighted by molar-refractivity contribution is -0.118. The Hall–Kier alpha value is -1.24. The van der Waals surface area contributed by atoms with Crippen molar-refractivity contribution < 1.29 is 4.79 Å². The topological polar surface area (TPSA) is 52.9 Å². The fourth-order valence-electron chi connectivity index (χ4n) is 1.35. The van der Waals surface area contributed by atoms with Crippen LogP contribution in [0.4, 0.5) is 5.69 Å². The highest BCUT2D eigenvalue weighted by molar-refractivity contribution is 6.36. The lowest BCUT2D eigenvalue weighted by atomic mass is 10.0. The van der Waals surface area contributed by atoms with Gasteiger partial charge in [-0.25, -0.2) is 0 Å². The number of anilines is 1. The van der Waals surface area contributed by atoms with E-state index in [0.29, 0.717) is 22.2 Å². The lowest BCUT2D eigenvalue weighted by Gasteiger charge is -2.10. The van der Waals surface area contributed by atoms with E-state index < -0.39 is 5.92 Å². The zero-order chi connectivity index (χ0) is 12.8. The zero-order valence-electron chi connectivity index (χ0n) is 9.34. The maximum absolute atomic E-state index is 11.7. The fraction of sp³-hybridized carbons (Fsp3) is 0.333. The van der Waals surface area contributed by atoms with E-state index in [1.807, 2.05) is 13.0 Å². The molecule has 0 saturated heterocycles. The largest absolute Gasteiger partial charge is 0.324 e. The first-order chi connectivity index (χ1) is 8.08. The molecule has 1 rings (SSSR count). The number of amides is 1. The van der Waals surface area contributed by atoms with E-state index in [1.165, 1.54) is 0 Å². The summed E-state index contributed by atoms with van der Waals surface area (Å²) in [6.45, 7) is 1.92. The molecule has 0 heterocycles. The van der Waals surface area contributed by atoms with Crippen LogP contribution in [-0.2, 0) is 4.79 Å². The normalized spacial score (nSPS) is 11.6. The summed E-state index contributed by atoms with van der Waals surface area (Å²) in [5, 5.41) is 12.3. The van der Waals surface area contributed by atoms with Crippen molar-refractivity contribution in [2.45, 2.75) is 19.8 Å². The van der Waals surface area contributed by atoms with E-state index in [4.69, 9.17) is 28.5 Å². The van der Waals surface area contributed by atoms with E-state index >= 15 is 0 Å². The molecule has 1 aromatic rings. The zero-order valence-corrected chi connectivity index (χ0v) is 10.8. The monoisotopic (exact) mass is 270 g/mol. The van der Waals surface area contributed by atoms with Gasteiger partial charge in [0.25, 0.3) is 0 Å². The van der Waals surface area contributed by atoms with Crippen LogP contribution in [0.1, 0.15) is 19.8 Å². The summed E-state index contributed by atoms with van der Waals surface area (Å²) >= 11 is 11.7. The van der Waals surface area contributed by atoms with Gasteiger partial charge in [0.15, 0.2) is 0 Å². The second-order valence-electron chi connectivity index (χ2n) is 3.58. The van der Waals surface area contributed by atoms with Crippen molar-refractivity contribution in [3.8, 4) is 6.07 Å². The van der Waals surface area contributed by atoms with Gasteiger partial charge in [0, 0.05) is 5.02 Å². The molecule has 1 atom stereocenters.